The van der Waals surface area contributed by atoms with Gasteiger partial charge in [-0.15, -0.1) is 0 Å². The molecule has 0 aliphatic rings. The van der Waals surface area contributed by atoms with Gasteiger partial charge in [0.05, 0.1) is 0 Å². The van der Waals surface area contributed by atoms with Crippen LogP contribution in [0.15, 0.2) is 122 Å². The molecule has 0 saturated carbocycles. The highest BCUT2D eigenvalue weighted by molar-refractivity contribution is 5.71. The van der Waals surface area contributed by atoms with Gasteiger partial charge in [-0.2, -0.15) is 0 Å². The lowest BCUT2D eigenvalue weighted by Gasteiger charge is -2.18. The van der Waals surface area contributed by atoms with Gasteiger partial charge in [0.1, 0.15) is 13.2 Å². The van der Waals surface area contributed by atoms with E-state index in [9.17, 15) is 14.4 Å². The van der Waals surface area contributed by atoms with Gasteiger partial charge in [0.15, 0.2) is 6.10 Å². The molecule has 6 nitrogen and oxygen atoms in total. The molecule has 81 heavy (non-hydrogen) atoms. The fourth-order valence-electron chi connectivity index (χ4n) is 9.33. The summed E-state index contributed by atoms with van der Waals surface area (Å²) in [7, 11) is 0. The molecule has 0 rings (SSSR count). The molecule has 0 aliphatic carbocycles. The van der Waals surface area contributed by atoms with Crippen LogP contribution in [-0.4, -0.2) is 37.2 Å². The van der Waals surface area contributed by atoms with Crippen molar-refractivity contribution in [2.24, 2.45) is 0 Å². The minimum atomic E-state index is -0.792. The Morgan fingerprint density at radius 2 is 0.481 bits per heavy atom. The van der Waals surface area contributed by atoms with Crippen LogP contribution in [0.25, 0.3) is 0 Å². The van der Waals surface area contributed by atoms with Crippen molar-refractivity contribution >= 4 is 17.9 Å². The van der Waals surface area contributed by atoms with Crippen LogP contribution in [-0.2, 0) is 28.6 Å². The molecule has 0 aromatic carbocycles. The maximum atomic E-state index is 12.9. The van der Waals surface area contributed by atoms with Crippen LogP contribution in [0.1, 0.15) is 316 Å². The number of allylic oxidation sites excluding steroid dienone is 20. The summed E-state index contributed by atoms with van der Waals surface area (Å²) in [5.74, 6) is -0.905. The highest BCUT2D eigenvalue weighted by Gasteiger charge is 2.19. The molecule has 0 heterocycles. The zero-order valence-corrected chi connectivity index (χ0v) is 53.0. The van der Waals surface area contributed by atoms with Crippen molar-refractivity contribution in [3.05, 3.63) is 122 Å². The van der Waals surface area contributed by atoms with Crippen molar-refractivity contribution in [3.8, 4) is 0 Å². The van der Waals surface area contributed by atoms with E-state index >= 15 is 0 Å². The summed E-state index contributed by atoms with van der Waals surface area (Å²) in [5.41, 5.74) is 0. The monoisotopic (exact) mass is 1120 g/mol. The van der Waals surface area contributed by atoms with E-state index < -0.39 is 6.10 Å². The first-order valence-electron chi connectivity index (χ1n) is 34.0. The van der Waals surface area contributed by atoms with E-state index in [0.717, 1.165) is 135 Å². The maximum absolute atomic E-state index is 12.9. The first-order chi connectivity index (χ1) is 40.0. The molecule has 0 spiro atoms. The molecule has 0 amide bonds. The van der Waals surface area contributed by atoms with Gasteiger partial charge >= 0.3 is 17.9 Å². The molecule has 0 radical (unpaired) electrons. The maximum Gasteiger partial charge on any atom is 0.306 e. The minimum Gasteiger partial charge on any atom is -0.462 e. The summed E-state index contributed by atoms with van der Waals surface area (Å²) < 4.78 is 16.9. The zero-order chi connectivity index (χ0) is 58.5. The molecule has 0 aromatic heterocycles. The van der Waals surface area contributed by atoms with E-state index in [2.05, 4.69) is 142 Å². The lowest BCUT2D eigenvalue weighted by atomic mass is 10.1. The molecule has 462 valence electrons. The average molecular weight is 1120 g/mol. The molecule has 0 N–H and O–H groups in total. The molecule has 0 saturated heterocycles. The second-order valence-electron chi connectivity index (χ2n) is 22.3. The quantitative estimate of drug-likeness (QED) is 0.0261. The Morgan fingerprint density at radius 3 is 0.765 bits per heavy atom. The Kier molecular flexibility index (Phi) is 64.8. The van der Waals surface area contributed by atoms with Crippen LogP contribution in [0.3, 0.4) is 0 Å². The van der Waals surface area contributed by atoms with Crippen LogP contribution in [0, 0.1) is 0 Å². The molecule has 0 fully saturated rings. The Labute approximate surface area is 501 Å². The lowest BCUT2D eigenvalue weighted by Crippen LogP contribution is -2.30. The van der Waals surface area contributed by atoms with E-state index in [-0.39, 0.29) is 31.1 Å². The Morgan fingerprint density at radius 1 is 0.259 bits per heavy atom. The Balaban J connectivity index is 4.30. The topological polar surface area (TPSA) is 78.9 Å². The van der Waals surface area contributed by atoms with Gasteiger partial charge in [0.25, 0.3) is 0 Å². The van der Waals surface area contributed by atoms with Gasteiger partial charge in [-0.1, -0.05) is 284 Å². The number of ether oxygens (including phenoxy) is 3. The van der Waals surface area contributed by atoms with Gasteiger partial charge in [-0.25, -0.2) is 0 Å². The van der Waals surface area contributed by atoms with Gasteiger partial charge in [0.2, 0.25) is 0 Å². The van der Waals surface area contributed by atoms with E-state index in [1.54, 1.807) is 0 Å². The molecule has 1 atom stereocenters. The highest BCUT2D eigenvalue weighted by atomic mass is 16.6. The number of carbonyl (C=O) groups excluding carboxylic acids is 3. The van der Waals surface area contributed by atoms with Crippen molar-refractivity contribution in [2.45, 2.75) is 322 Å². The number of rotatable bonds is 61. The standard InChI is InChI=1S/C75H126O6/c1-4-7-10-13-16-19-22-25-28-29-30-31-32-33-34-35-36-37-38-39-40-41-42-43-44-45-48-50-53-56-59-62-65-68-74(77)80-71-72(81-75(78)69-66-63-60-57-54-51-47-27-24-21-18-15-12-9-6-3)70-79-73(76)67-64-61-58-55-52-49-46-26-23-20-17-14-11-8-5-2/h7,10,16,19,25-28,30-31,33-34,36-37,39-40,42-43,46-47,72H,4-6,8-9,11-15,17-18,20-24,29,32,35,38,41,44-45,48-71H2,1-3H3/b10-7-,19-16-,28-25-,31-30-,34-33-,37-36-,40-39-,43-42-,46-26-,47-27-. The van der Waals surface area contributed by atoms with Crippen molar-refractivity contribution in [2.75, 3.05) is 13.2 Å². The van der Waals surface area contributed by atoms with Crippen LogP contribution < -0.4 is 0 Å². The third-order valence-corrected chi connectivity index (χ3v) is 14.4. The van der Waals surface area contributed by atoms with E-state index in [0.29, 0.717) is 19.3 Å². The second kappa shape index (κ2) is 68.3. The third kappa shape index (κ3) is 66.5. The van der Waals surface area contributed by atoms with Crippen LogP contribution >= 0.6 is 0 Å². The van der Waals surface area contributed by atoms with E-state index in [1.165, 1.54) is 141 Å². The smallest absolute Gasteiger partial charge is 0.306 e. The minimum absolute atomic E-state index is 0.0880. The SMILES string of the molecule is CC/C=C\C/C=C\C/C=C\C/C=C\C/C=C\C/C=C\C/C=C\C/C=C\CCCCCCCCCCC(=O)OCC(COC(=O)CCCCCCC/C=C\CCCCCCCC)OC(=O)CCCCCCC/C=C\CCCCCCCC. The summed E-state index contributed by atoms with van der Waals surface area (Å²) >= 11 is 0. The van der Waals surface area contributed by atoms with Crippen molar-refractivity contribution in [3.63, 3.8) is 0 Å². The Bertz CT molecular complexity index is 1670. The zero-order valence-electron chi connectivity index (χ0n) is 53.0. The van der Waals surface area contributed by atoms with Gasteiger partial charge in [-0.3, -0.25) is 14.4 Å². The third-order valence-electron chi connectivity index (χ3n) is 14.4. The average Bonchev–Trinajstić information content (AvgIpc) is 3.47. The van der Waals surface area contributed by atoms with Crippen molar-refractivity contribution in [1.82, 2.24) is 0 Å². The van der Waals surface area contributed by atoms with Crippen LogP contribution in [0.2, 0.25) is 0 Å². The van der Waals surface area contributed by atoms with Crippen molar-refractivity contribution in [1.29, 1.82) is 0 Å². The number of unbranched alkanes of at least 4 members (excludes halogenated alkanes) is 30. The predicted molar refractivity (Wildman–Crippen MR) is 353 cm³/mol. The molecule has 6 heteroatoms. The summed E-state index contributed by atoms with van der Waals surface area (Å²) in [6.45, 7) is 6.51. The predicted octanol–water partition coefficient (Wildman–Crippen LogP) is 23.6. The van der Waals surface area contributed by atoms with E-state index in [4.69, 9.17) is 14.2 Å². The number of hydrogen-bond donors (Lipinski definition) is 0. The molecule has 0 bridgehead atoms. The number of hydrogen-bond acceptors (Lipinski definition) is 6. The fraction of sp³-hybridized carbons (Fsp3) is 0.693. The summed E-state index contributed by atoms with van der Waals surface area (Å²) in [6, 6.07) is 0. The largest absolute Gasteiger partial charge is 0.462 e. The molecular weight excluding hydrogens is 997 g/mol. The molecular formula is C75H126O6. The summed E-state index contributed by atoms with van der Waals surface area (Å²) in [4.78, 5) is 38.3. The van der Waals surface area contributed by atoms with Gasteiger partial charge in [0, 0.05) is 19.3 Å². The lowest BCUT2D eigenvalue weighted by molar-refractivity contribution is -0.167. The number of carbonyl (C=O) groups is 3. The normalized spacial score (nSPS) is 12.9. The molecule has 0 aliphatic heterocycles. The fourth-order valence-corrected chi connectivity index (χ4v) is 9.33. The highest BCUT2D eigenvalue weighted by Crippen LogP contribution is 2.15. The van der Waals surface area contributed by atoms with Crippen LogP contribution in [0.4, 0.5) is 0 Å². The van der Waals surface area contributed by atoms with Crippen molar-refractivity contribution < 1.29 is 28.6 Å². The summed E-state index contributed by atoms with van der Waals surface area (Å²) in [6.07, 6.45) is 95.0. The van der Waals surface area contributed by atoms with Gasteiger partial charge < -0.3 is 14.2 Å². The second-order valence-corrected chi connectivity index (χ2v) is 22.3. The first-order valence-corrected chi connectivity index (χ1v) is 34.0. The van der Waals surface area contributed by atoms with Gasteiger partial charge in [-0.05, 0) is 135 Å². The summed E-state index contributed by atoms with van der Waals surface area (Å²) in [5, 5.41) is 0. The first kappa shape index (κ1) is 76.8. The number of esters is 3. The molecule has 0 aromatic rings. The van der Waals surface area contributed by atoms with Crippen LogP contribution in [0.5, 0.6) is 0 Å². The van der Waals surface area contributed by atoms with E-state index in [1.807, 2.05) is 0 Å². The molecule has 1 unspecified atom stereocenters. The Hall–Kier alpha value is -4.19.